The van der Waals surface area contributed by atoms with Crippen LogP contribution in [0.2, 0.25) is 5.02 Å². The molecule has 0 unspecified atom stereocenters. The van der Waals surface area contributed by atoms with Crippen molar-refractivity contribution in [3.63, 3.8) is 0 Å². The van der Waals surface area contributed by atoms with E-state index in [4.69, 9.17) is 21.6 Å². The SMILES string of the molecule is N#Cc1ccccc1OCC(=O)N1CCCN(Cc2ccc(Cl)cc2)CC1. The standard InChI is InChI=1S/C21H22ClN3O2/c22-19-8-6-17(7-9-19)15-24-10-3-11-25(13-12-24)21(26)16-27-20-5-2-1-4-18(20)14-23/h1-2,4-9H,3,10-13,15-16H2. The van der Waals surface area contributed by atoms with E-state index in [-0.39, 0.29) is 12.5 Å². The quantitative estimate of drug-likeness (QED) is 0.794. The summed E-state index contributed by atoms with van der Waals surface area (Å²) < 4.78 is 5.58. The molecule has 2 aromatic carbocycles. The monoisotopic (exact) mass is 383 g/mol. The van der Waals surface area contributed by atoms with Gasteiger partial charge in [0.2, 0.25) is 0 Å². The van der Waals surface area contributed by atoms with Gasteiger partial charge in [-0.1, -0.05) is 35.9 Å². The van der Waals surface area contributed by atoms with Crippen LogP contribution in [0.4, 0.5) is 0 Å². The fourth-order valence-corrected chi connectivity index (χ4v) is 3.27. The van der Waals surface area contributed by atoms with E-state index in [1.165, 1.54) is 5.56 Å². The second kappa shape index (κ2) is 9.40. The fourth-order valence-electron chi connectivity index (χ4n) is 3.14. The molecule has 3 rings (SSSR count). The van der Waals surface area contributed by atoms with Crippen molar-refractivity contribution in [1.82, 2.24) is 9.80 Å². The molecule has 6 heteroatoms. The van der Waals surface area contributed by atoms with Crippen LogP contribution in [0, 0.1) is 11.3 Å². The van der Waals surface area contributed by atoms with E-state index in [0.717, 1.165) is 37.6 Å². The minimum Gasteiger partial charge on any atom is -0.482 e. The van der Waals surface area contributed by atoms with Gasteiger partial charge < -0.3 is 9.64 Å². The van der Waals surface area contributed by atoms with Gasteiger partial charge in [0, 0.05) is 37.7 Å². The molecule has 0 radical (unpaired) electrons. The Morgan fingerprint density at radius 1 is 1.07 bits per heavy atom. The smallest absolute Gasteiger partial charge is 0.260 e. The summed E-state index contributed by atoms with van der Waals surface area (Å²) in [5.41, 5.74) is 1.66. The predicted octanol–water partition coefficient (Wildman–Crippen LogP) is 3.32. The molecule has 0 bridgehead atoms. The summed E-state index contributed by atoms with van der Waals surface area (Å²) in [6.45, 7) is 3.98. The molecule has 1 amide bonds. The van der Waals surface area contributed by atoms with Gasteiger partial charge in [-0.2, -0.15) is 5.26 Å². The Balaban J connectivity index is 1.50. The molecule has 0 saturated carbocycles. The van der Waals surface area contributed by atoms with Crippen LogP contribution in [0.3, 0.4) is 0 Å². The van der Waals surface area contributed by atoms with Gasteiger partial charge in [0.25, 0.3) is 5.91 Å². The molecule has 1 aliphatic heterocycles. The van der Waals surface area contributed by atoms with Gasteiger partial charge in [0.15, 0.2) is 6.61 Å². The zero-order valence-corrected chi connectivity index (χ0v) is 15.9. The average Bonchev–Trinajstić information content (AvgIpc) is 2.94. The Morgan fingerprint density at radius 2 is 1.85 bits per heavy atom. The van der Waals surface area contributed by atoms with Gasteiger partial charge in [-0.05, 0) is 36.2 Å². The van der Waals surface area contributed by atoms with Gasteiger partial charge in [-0.3, -0.25) is 9.69 Å². The number of ether oxygens (including phenoxy) is 1. The molecule has 2 aromatic rings. The van der Waals surface area contributed by atoms with Crippen molar-refractivity contribution in [3.8, 4) is 11.8 Å². The first-order chi connectivity index (χ1) is 13.2. The Kier molecular flexibility index (Phi) is 6.69. The maximum Gasteiger partial charge on any atom is 0.260 e. The van der Waals surface area contributed by atoms with Crippen molar-refractivity contribution in [3.05, 3.63) is 64.7 Å². The molecule has 27 heavy (non-hydrogen) atoms. The van der Waals surface area contributed by atoms with Crippen LogP contribution in [0.1, 0.15) is 17.5 Å². The van der Waals surface area contributed by atoms with Gasteiger partial charge in [0.05, 0.1) is 5.56 Å². The van der Waals surface area contributed by atoms with Gasteiger partial charge >= 0.3 is 0 Å². The van der Waals surface area contributed by atoms with E-state index in [1.807, 2.05) is 29.2 Å². The van der Waals surface area contributed by atoms with Gasteiger partial charge in [-0.25, -0.2) is 0 Å². The normalized spacial score (nSPS) is 15.0. The molecular weight excluding hydrogens is 362 g/mol. The van der Waals surface area contributed by atoms with E-state index in [2.05, 4.69) is 11.0 Å². The second-order valence-electron chi connectivity index (χ2n) is 6.53. The Hall–Kier alpha value is -2.55. The molecule has 1 saturated heterocycles. The van der Waals surface area contributed by atoms with Crippen molar-refractivity contribution < 1.29 is 9.53 Å². The van der Waals surface area contributed by atoms with E-state index in [0.29, 0.717) is 17.9 Å². The third-order valence-corrected chi connectivity index (χ3v) is 4.87. The third-order valence-electron chi connectivity index (χ3n) is 4.62. The number of benzene rings is 2. The van der Waals surface area contributed by atoms with E-state index < -0.39 is 0 Å². The molecule has 1 fully saturated rings. The van der Waals surface area contributed by atoms with Crippen molar-refractivity contribution >= 4 is 17.5 Å². The van der Waals surface area contributed by atoms with Crippen LogP contribution < -0.4 is 4.74 Å². The third kappa shape index (κ3) is 5.46. The van der Waals surface area contributed by atoms with E-state index in [1.54, 1.807) is 24.3 Å². The van der Waals surface area contributed by atoms with Crippen LogP contribution in [0.25, 0.3) is 0 Å². The minimum absolute atomic E-state index is 0.0453. The largest absolute Gasteiger partial charge is 0.482 e. The number of rotatable bonds is 5. The summed E-state index contributed by atoms with van der Waals surface area (Å²) in [5.74, 6) is 0.406. The zero-order valence-electron chi connectivity index (χ0n) is 15.1. The molecule has 0 spiro atoms. The highest BCUT2D eigenvalue weighted by Gasteiger charge is 2.20. The first kappa shape index (κ1) is 19.2. The summed E-state index contributed by atoms with van der Waals surface area (Å²) in [6, 6.07) is 16.9. The Bertz CT molecular complexity index is 817. The Labute approximate surface area is 164 Å². The van der Waals surface area contributed by atoms with Crippen LogP contribution in [-0.4, -0.2) is 48.5 Å². The number of hydrogen-bond donors (Lipinski definition) is 0. The van der Waals surface area contributed by atoms with Crippen molar-refractivity contribution in [2.24, 2.45) is 0 Å². The maximum atomic E-state index is 12.5. The molecule has 0 N–H and O–H groups in total. The van der Waals surface area contributed by atoms with Gasteiger partial charge in [-0.15, -0.1) is 0 Å². The zero-order chi connectivity index (χ0) is 19.1. The lowest BCUT2D eigenvalue weighted by atomic mass is 10.2. The summed E-state index contributed by atoms with van der Waals surface area (Å²) in [4.78, 5) is 16.7. The molecule has 1 heterocycles. The second-order valence-corrected chi connectivity index (χ2v) is 6.97. The molecule has 1 aliphatic rings. The van der Waals surface area contributed by atoms with Crippen LogP contribution in [-0.2, 0) is 11.3 Å². The number of carbonyl (C=O) groups excluding carboxylic acids is 1. The van der Waals surface area contributed by atoms with Crippen molar-refractivity contribution in [2.45, 2.75) is 13.0 Å². The van der Waals surface area contributed by atoms with Crippen LogP contribution in [0.5, 0.6) is 5.75 Å². The topological polar surface area (TPSA) is 56.6 Å². The predicted molar refractivity (Wildman–Crippen MR) is 105 cm³/mol. The summed E-state index contributed by atoms with van der Waals surface area (Å²) >= 11 is 5.94. The highest BCUT2D eigenvalue weighted by Crippen LogP contribution is 2.17. The molecular formula is C21H22ClN3O2. The van der Waals surface area contributed by atoms with Crippen LogP contribution >= 0.6 is 11.6 Å². The number of carbonyl (C=O) groups is 1. The molecule has 140 valence electrons. The molecule has 0 atom stereocenters. The minimum atomic E-state index is -0.0458. The van der Waals surface area contributed by atoms with Gasteiger partial charge in [0.1, 0.15) is 11.8 Å². The van der Waals surface area contributed by atoms with Crippen molar-refractivity contribution in [1.29, 1.82) is 5.26 Å². The number of nitrogens with zero attached hydrogens (tertiary/aromatic N) is 3. The lowest BCUT2D eigenvalue weighted by Gasteiger charge is -2.22. The van der Waals surface area contributed by atoms with E-state index in [9.17, 15) is 4.79 Å². The highest BCUT2D eigenvalue weighted by molar-refractivity contribution is 6.30. The summed E-state index contributed by atoms with van der Waals surface area (Å²) in [7, 11) is 0. The summed E-state index contributed by atoms with van der Waals surface area (Å²) in [5, 5.41) is 9.84. The molecule has 5 nitrogen and oxygen atoms in total. The number of halogens is 1. The first-order valence-electron chi connectivity index (χ1n) is 9.02. The lowest BCUT2D eigenvalue weighted by molar-refractivity contribution is -0.133. The van der Waals surface area contributed by atoms with Crippen LogP contribution in [0.15, 0.2) is 48.5 Å². The summed E-state index contributed by atoms with van der Waals surface area (Å²) in [6.07, 6.45) is 0.925. The Morgan fingerprint density at radius 3 is 2.63 bits per heavy atom. The van der Waals surface area contributed by atoms with E-state index >= 15 is 0 Å². The number of nitriles is 1. The lowest BCUT2D eigenvalue weighted by Crippen LogP contribution is -2.38. The maximum absolute atomic E-state index is 12.5. The first-order valence-corrected chi connectivity index (χ1v) is 9.40. The number of hydrogen-bond acceptors (Lipinski definition) is 4. The average molecular weight is 384 g/mol. The number of amides is 1. The number of para-hydroxylation sites is 1. The molecule has 0 aliphatic carbocycles. The van der Waals surface area contributed by atoms with Crippen molar-refractivity contribution in [2.75, 3.05) is 32.8 Å². The molecule has 0 aromatic heterocycles. The fraction of sp³-hybridized carbons (Fsp3) is 0.333. The highest BCUT2D eigenvalue weighted by atomic mass is 35.5.